The van der Waals surface area contributed by atoms with Gasteiger partial charge in [0.15, 0.2) is 0 Å². The van der Waals surface area contributed by atoms with Gasteiger partial charge in [-0.1, -0.05) is 25.1 Å². The molecule has 0 aromatic heterocycles. The Balaban J connectivity index is 2.01. The number of rotatable bonds is 4. The van der Waals surface area contributed by atoms with Gasteiger partial charge in [-0.2, -0.15) is 0 Å². The Morgan fingerprint density at radius 1 is 1.45 bits per heavy atom. The van der Waals surface area contributed by atoms with Crippen LogP contribution in [-0.4, -0.2) is 37.6 Å². The molecule has 1 heterocycles. The summed E-state index contributed by atoms with van der Waals surface area (Å²) in [6.45, 7) is 4.50. The molecule has 0 radical (unpaired) electrons. The summed E-state index contributed by atoms with van der Waals surface area (Å²) in [7, 11) is 1.64. The van der Waals surface area contributed by atoms with E-state index in [9.17, 15) is 4.79 Å². The maximum atomic E-state index is 12.4. The molecular weight excluding hydrogens is 252 g/mol. The van der Waals surface area contributed by atoms with Gasteiger partial charge >= 0.3 is 0 Å². The first-order chi connectivity index (χ1) is 9.65. The van der Waals surface area contributed by atoms with E-state index in [2.05, 4.69) is 6.92 Å². The summed E-state index contributed by atoms with van der Waals surface area (Å²) in [6, 6.07) is 7.69. The number of hydrogen-bond donors (Lipinski definition) is 1. The Morgan fingerprint density at radius 2 is 2.20 bits per heavy atom. The van der Waals surface area contributed by atoms with Crippen LogP contribution in [0.3, 0.4) is 0 Å². The van der Waals surface area contributed by atoms with Crippen LogP contribution in [0.5, 0.6) is 5.75 Å². The van der Waals surface area contributed by atoms with E-state index in [-0.39, 0.29) is 5.91 Å². The number of methoxy groups -OCH3 is 1. The number of nitrogens with two attached hydrogens (primary N) is 1. The van der Waals surface area contributed by atoms with Crippen molar-refractivity contribution in [1.82, 2.24) is 4.90 Å². The minimum atomic E-state index is 0.167. The van der Waals surface area contributed by atoms with Crippen LogP contribution in [-0.2, 0) is 11.2 Å². The topological polar surface area (TPSA) is 55.6 Å². The third kappa shape index (κ3) is 3.31. The van der Waals surface area contributed by atoms with Crippen molar-refractivity contribution < 1.29 is 9.53 Å². The summed E-state index contributed by atoms with van der Waals surface area (Å²) < 4.78 is 5.30. The standard InChI is InChI=1S/C16H24N2O2/c1-12-7-8-18(11-14(12)10-17)16(19)9-13-5-3-4-6-15(13)20-2/h3-6,12,14H,7-11,17H2,1-2H3. The molecule has 1 aromatic rings. The second-order valence-electron chi connectivity index (χ2n) is 5.59. The number of nitrogens with zero attached hydrogens (tertiary/aromatic N) is 1. The minimum Gasteiger partial charge on any atom is -0.496 e. The van der Waals surface area contributed by atoms with Crippen LogP contribution >= 0.6 is 0 Å². The molecule has 1 fully saturated rings. The fraction of sp³-hybridized carbons (Fsp3) is 0.562. The van der Waals surface area contributed by atoms with Crippen LogP contribution < -0.4 is 10.5 Å². The lowest BCUT2D eigenvalue weighted by Crippen LogP contribution is -2.46. The van der Waals surface area contributed by atoms with Gasteiger partial charge < -0.3 is 15.4 Å². The largest absolute Gasteiger partial charge is 0.496 e. The number of likely N-dealkylation sites (tertiary alicyclic amines) is 1. The molecule has 0 bridgehead atoms. The molecule has 1 aliphatic rings. The molecule has 0 spiro atoms. The molecule has 2 N–H and O–H groups in total. The highest BCUT2D eigenvalue weighted by Gasteiger charge is 2.28. The van der Waals surface area contributed by atoms with Crippen molar-refractivity contribution in [3.63, 3.8) is 0 Å². The number of piperidine rings is 1. The van der Waals surface area contributed by atoms with E-state index in [0.29, 0.717) is 24.8 Å². The molecule has 20 heavy (non-hydrogen) atoms. The molecule has 1 amide bonds. The number of benzene rings is 1. The zero-order valence-corrected chi connectivity index (χ0v) is 12.3. The molecule has 0 saturated carbocycles. The van der Waals surface area contributed by atoms with E-state index in [4.69, 9.17) is 10.5 Å². The smallest absolute Gasteiger partial charge is 0.227 e. The SMILES string of the molecule is COc1ccccc1CC(=O)N1CCC(C)C(CN)C1. The van der Waals surface area contributed by atoms with Crippen molar-refractivity contribution in [2.75, 3.05) is 26.7 Å². The van der Waals surface area contributed by atoms with Crippen molar-refractivity contribution in [2.45, 2.75) is 19.8 Å². The molecule has 2 rings (SSSR count). The van der Waals surface area contributed by atoms with Gasteiger partial charge in [-0.25, -0.2) is 0 Å². The molecule has 110 valence electrons. The third-order valence-corrected chi connectivity index (χ3v) is 4.30. The zero-order valence-electron chi connectivity index (χ0n) is 12.3. The summed E-state index contributed by atoms with van der Waals surface area (Å²) in [6.07, 6.45) is 1.44. The quantitative estimate of drug-likeness (QED) is 0.910. The predicted molar refractivity (Wildman–Crippen MR) is 79.6 cm³/mol. The molecule has 1 aliphatic heterocycles. The van der Waals surface area contributed by atoms with Crippen molar-refractivity contribution in [2.24, 2.45) is 17.6 Å². The van der Waals surface area contributed by atoms with E-state index in [0.717, 1.165) is 30.8 Å². The van der Waals surface area contributed by atoms with E-state index in [1.165, 1.54) is 0 Å². The van der Waals surface area contributed by atoms with E-state index in [1.54, 1.807) is 7.11 Å². The molecule has 4 nitrogen and oxygen atoms in total. The lowest BCUT2D eigenvalue weighted by molar-refractivity contribution is -0.132. The zero-order chi connectivity index (χ0) is 14.5. The van der Waals surface area contributed by atoms with Crippen molar-refractivity contribution in [3.05, 3.63) is 29.8 Å². The normalized spacial score (nSPS) is 22.6. The summed E-state index contributed by atoms with van der Waals surface area (Å²) >= 11 is 0. The lowest BCUT2D eigenvalue weighted by atomic mass is 9.87. The van der Waals surface area contributed by atoms with Gasteiger partial charge in [0.1, 0.15) is 5.75 Å². The second kappa shape index (κ2) is 6.75. The Kier molecular flexibility index (Phi) is 5.01. The molecule has 2 atom stereocenters. The van der Waals surface area contributed by atoms with Gasteiger partial charge in [-0.05, 0) is 30.9 Å². The highest BCUT2D eigenvalue weighted by atomic mass is 16.5. The fourth-order valence-corrected chi connectivity index (χ4v) is 2.81. The molecule has 4 heteroatoms. The second-order valence-corrected chi connectivity index (χ2v) is 5.59. The Labute approximate surface area is 120 Å². The van der Waals surface area contributed by atoms with Gasteiger partial charge in [0, 0.05) is 18.7 Å². The molecule has 0 aliphatic carbocycles. The van der Waals surface area contributed by atoms with E-state index in [1.807, 2.05) is 29.2 Å². The highest BCUT2D eigenvalue weighted by Crippen LogP contribution is 2.24. The Hall–Kier alpha value is -1.55. The van der Waals surface area contributed by atoms with Crippen molar-refractivity contribution >= 4 is 5.91 Å². The number of carbonyl (C=O) groups is 1. The van der Waals surface area contributed by atoms with Crippen molar-refractivity contribution in [1.29, 1.82) is 0 Å². The van der Waals surface area contributed by atoms with Crippen LogP contribution in [0.25, 0.3) is 0 Å². The molecular formula is C16H24N2O2. The van der Waals surface area contributed by atoms with Gasteiger partial charge in [0.2, 0.25) is 5.91 Å². The van der Waals surface area contributed by atoms with Crippen LogP contribution in [0.2, 0.25) is 0 Å². The van der Waals surface area contributed by atoms with E-state index >= 15 is 0 Å². The fourth-order valence-electron chi connectivity index (χ4n) is 2.81. The molecule has 1 saturated heterocycles. The Morgan fingerprint density at radius 3 is 2.90 bits per heavy atom. The van der Waals surface area contributed by atoms with Gasteiger partial charge in [-0.3, -0.25) is 4.79 Å². The van der Waals surface area contributed by atoms with E-state index < -0.39 is 0 Å². The number of ether oxygens (including phenoxy) is 1. The maximum Gasteiger partial charge on any atom is 0.227 e. The number of hydrogen-bond acceptors (Lipinski definition) is 3. The monoisotopic (exact) mass is 276 g/mol. The van der Waals surface area contributed by atoms with Gasteiger partial charge in [0.25, 0.3) is 0 Å². The van der Waals surface area contributed by atoms with Crippen molar-refractivity contribution in [3.8, 4) is 5.75 Å². The summed E-state index contributed by atoms with van der Waals surface area (Å²) in [4.78, 5) is 14.4. The minimum absolute atomic E-state index is 0.167. The summed E-state index contributed by atoms with van der Waals surface area (Å²) in [5.74, 6) is 1.97. The number of para-hydroxylation sites is 1. The average Bonchev–Trinajstić information content (AvgIpc) is 2.48. The number of amides is 1. The molecule has 2 unspecified atom stereocenters. The Bertz CT molecular complexity index is 462. The first-order valence-corrected chi connectivity index (χ1v) is 7.25. The van der Waals surface area contributed by atoms with Gasteiger partial charge in [-0.15, -0.1) is 0 Å². The average molecular weight is 276 g/mol. The first kappa shape index (κ1) is 14.9. The van der Waals surface area contributed by atoms with Crippen LogP contribution in [0, 0.1) is 11.8 Å². The number of carbonyl (C=O) groups excluding carboxylic acids is 1. The van der Waals surface area contributed by atoms with Crippen LogP contribution in [0.4, 0.5) is 0 Å². The van der Waals surface area contributed by atoms with Gasteiger partial charge in [0.05, 0.1) is 13.5 Å². The third-order valence-electron chi connectivity index (χ3n) is 4.30. The van der Waals surface area contributed by atoms with Crippen LogP contribution in [0.1, 0.15) is 18.9 Å². The lowest BCUT2D eigenvalue weighted by Gasteiger charge is -2.36. The summed E-state index contributed by atoms with van der Waals surface area (Å²) in [5.41, 5.74) is 6.74. The van der Waals surface area contributed by atoms with Crippen LogP contribution in [0.15, 0.2) is 24.3 Å². The predicted octanol–water partition coefficient (Wildman–Crippen LogP) is 1.68. The highest BCUT2D eigenvalue weighted by molar-refractivity contribution is 5.79. The first-order valence-electron chi connectivity index (χ1n) is 7.25. The summed E-state index contributed by atoms with van der Waals surface area (Å²) in [5, 5.41) is 0. The maximum absolute atomic E-state index is 12.4. The molecule has 1 aromatic carbocycles.